The van der Waals surface area contributed by atoms with Crippen molar-refractivity contribution in [2.24, 2.45) is 0 Å². The van der Waals surface area contributed by atoms with Gasteiger partial charge in [-0.2, -0.15) is 0 Å². The summed E-state index contributed by atoms with van der Waals surface area (Å²) in [6.45, 7) is 2.92. The highest BCUT2D eigenvalue weighted by Crippen LogP contribution is 2.20. The van der Waals surface area contributed by atoms with Gasteiger partial charge in [0.05, 0.1) is 17.4 Å². The molecule has 2 aromatic heterocycles. The molecule has 5 rings (SSSR count). The molecule has 2 heterocycles. The van der Waals surface area contributed by atoms with Gasteiger partial charge in [-0.15, -0.1) is 10.2 Å². The first-order valence-corrected chi connectivity index (χ1v) is 12.3. The molecule has 0 bridgehead atoms. The summed E-state index contributed by atoms with van der Waals surface area (Å²) in [5.74, 6) is 1.21. The monoisotopic (exact) mass is 499 g/mol. The average Bonchev–Trinajstić information content (AvgIpc) is 3.34. The highest BCUT2D eigenvalue weighted by molar-refractivity contribution is 6.31. The summed E-state index contributed by atoms with van der Waals surface area (Å²) in [5.41, 5.74) is 2.55. The van der Waals surface area contributed by atoms with E-state index in [1.807, 2.05) is 59.0 Å². The van der Waals surface area contributed by atoms with Crippen molar-refractivity contribution in [3.05, 3.63) is 111 Å². The lowest BCUT2D eigenvalue weighted by Gasteiger charge is -2.13. The van der Waals surface area contributed by atoms with Gasteiger partial charge in [-0.1, -0.05) is 79.2 Å². The third-order valence-corrected chi connectivity index (χ3v) is 6.78. The van der Waals surface area contributed by atoms with Gasteiger partial charge < -0.3 is 5.32 Å². The molecule has 36 heavy (non-hydrogen) atoms. The maximum atomic E-state index is 13.4. The van der Waals surface area contributed by atoms with Gasteiger partial charge in [-0.25, -0.2) is 0 Å². The third-order valence-electron chi connectivity index (χ3n) is 6.41. The number of fused-ring (bicyclic) bond motifs is 3. The Morgan fingerprint density at radius 3 is 2.50 bits per heavy atom. The second-order valence-electron chi connectivity index (χ2n) is 8.87. The second-order valence-corrected chi connectivity index (χ2v) is 9.27. The molecule has 182 valence electrons. The van der Waals surface area contributed by atoms with E-state index in [-0.39, 0.29) is 30.3 Å². The molecule has 1 amide bonds. The Hall–Kier alpha value is -3.97. The molecule has 0 saturated carbocycles. The number of aromatic nitrogens is 4. The van der Waals surface area contributed by atoms with Crippen molar-refractivity contribution >= 4 is 34.2 Å². The van der Waals surface area contributed by atoms with Crippen LogP contribution in [0.4, 0.5) is 0 Å². The van der Waals surface area contributed by atoms with Crippen LogP contribution < -0.4 is 10.9 Å². The first-order chi connectivity index (χ1) is 17.5. The topological polar surface area (TPSA) is 81.3 Å². The van der Waals surface area contributed by atoms with Gasteiger partial charge in [-0.05, 0) is 35.2 Å². The van der Waals surface area contributed by atoms with Crippen LogP contribution >= 0.6 is 11.6 Å². The standard InChI is InChI=1S/C28H26ClN5O2/c1-19(20-9-3-2-4-10-20)17-30-26(35)16-15-25-31-32-28-33(18-21-11-5-7-13-23(21)29)27(36)22-12-6-8-14-24(22)34(25)28/h2-14,19H,15-18H2,1H3,(H,30,35)/t19-/m1/s1. The number of nitrogens with zero attached hydrogens (tertiary/aromatic N) is 4. The van der Waals surface area contributed by atoms with Crippen molar-refractivity contribution in [3.63, 3.8) is 0 Å². The summed E-state index contributed by atoms with van der Waals surface area (Å²) in [7, 11) is 0. The van der Waals surface area contributed by atoms with Crippen molar-refractivity contribution in [1.82, 2.24) is 24.5 Å². The molecule has 8 heteroatoms. The van der Waals surface area contributed by atoms with Crippen LogP contribution in [-0.2, 0) is 17.8 Å². The van der Waals surface area contributed by atoms with E-state index in [4.69, 9.17) is 11.6 Å². The van der Waals surface area contributed by atoms with Crippen LogP contribution in [0.3, 0.4) is 0 Å². The molecule has 3 aromatic carbocycles. The number of halogens is 1. The van der Waals surface area contributed by atoms with E-state index < -0.39 is 0 Å². The van der Waals surface area contributed by atoms with Crippen molar-refractivity contribution < 1.29 is 4.79 Å². The Morgan fingerprint density at radius 2 is 1.69 bits per heavy atom. The normalized spacial score (nSPS) is 12.2. The number of amides is 1. The van der Waals surface area contributed by atoms with Crippen LogP contribution in [0.2, 0.25) is 5.02 Å². The number of para-hydroxylation sites is 1. The molecule has 0 spiro atoms. The SMILES string of the molecule is C[C@H](CNC(=O)CCc1nnc2n(Cc3ccccc3Cl)c(=O)c3ccccc3n12)c1ccccc1. The zero-order valence-electron chi connectivity index (χ0n) is 19.9. The van der Waals surface area contributed by atoms with Crippen molar-refractivity contribution in [1.29, 1.82) is 0 Å². The van der Waals surface area contributed by atoms with Crippen molar-refractivity contribution in [2.75, 3.05) is 6.54 Å². The summed E-state index contributed by atoms with van der Waals surface area (Å²) < 4.78 is 3.45. The largest absolute Gasteiger partial charge is 0.355 e. The molecule has 0 aliphatic rings. The van der Waals surface area contributed by atoms with Crippen LogP contribution in [0, 0.1) is 0 Å². The number of carbonyl (C=O) groups excluding carboxylic acids is 1. The molecule has 5 aromatic rings. The van der Waals surface area contributed by atoms with E-state index in [1.165, 1.54) is 5.56 Å². The summed E-state index contributed by atoms with van der Waals surface area (Å²) in [4.78, 5) is 26.0. The number of nitrogens with one attached hydrogen (secondary N) is 1. The van der Waals surface area contributed by atoms with Crippen LogP contribution in [0.25, 0.3) is 16.7 Å². The van der Waals surface area contributed by atoms with Crippen LogP contribution in [-0.4, -0.2) is 31.6 Å². The molecule has 0 aliphatic heterocycles. The number of aryl methyl sites for hydroxylation is 1. The van der Waals surface area contributed by atoms with Crippen molar-refractivity contribution in [2.45, 2.75) is 32.2 Å². The summed E-state index contributed by atoms with van der Waals surface area (Å²) in [6.07, 6.45) is 0.654. The minimum absolute atomic E-state index is 0.0526. The lowest BCUT2D eigenvalue weighted by molar-refractivity contribution is -0.121. The molecule has 0 aliphatic carbocycles. The van der Waals surface area contributed by atoms with Gasteiger partial charge in [-0.3, -0.25) is 18.6 Å². The lowest BCUT2D eigenvalue weighted by Crippen LogP contribution is -2.28. The maximum absolute atomic E-state index is 13.4. The van der Waals surface area contributed by atoms with Gasteiger partial charge in [0, 0.05) is 24.4 Å². The van der Waals surface area contributed by atoms with Crippen LogP contribution in [0.15, 0.2) is 83.7 Å². The minimum atomic E-state index is -0.162. The smallest absolute Gasteiger partial charge is 0.263 e. The van der Waals surface area contributed by atoms with Crippen LogP contribution in [0.5, 0.6) is 0 Å². The Morgan fingerprint density at radius 1 is 0.972 bits per heavy atom. The Kier molecular flexibility index (Phi) is 6.82. The minimum Gasteiger partial charge on any atom is -0.355 e. The lowest BCUT2D eigenvalue weighted by atomic mass is 10.0. The zero-order chi connectivity index (χ0) is 25.1. The molecular weight excluding hydrogens is 474 g/mol. The van der Waals surface area contributed by atoms with Gasteiger partial charge in [0.1, 0.15) is 5.82 Å². The van der Waals surface area contributed by atoms with Gasteiger partial charge in [0.2, 0.25) is 11.7 Å². The Labute approximate surface area is 213 Å². The summed E-state index contributed by atoms with van der Waals surface area (Å²) in [5, 5.41) is 12.9. The van der Waals surface area contributed by atoms with Gasteiger partial charge in [0.25, 0.3) is 5.56 Å². The van der Waals surface area contributed by atoms with Crippen molar-refractivity contribution in [3.8, 4) is 0 Å². The number of carbonyl (C=O) groups is 1. The Bertz CT molecular complexity index is 1590. The molecule has 1 N–H and O–H groups in total. The van der Waals surface area contributed by atoms with E-state index in [0.29, 0.717) is 40.5 Å². The molecule has 0 radical (unpaired) electrons. The highest BCUT2D eigenvalue weighted by atomic mass is 35.5. The van der Waals surface area contributed by atoms with E-state index in [1.54, 1.807) is 16.7 Å². The van der Waals surface area contributed by atoms with E-state index in [9.17, 15) is 9.59 Å². The molecule has 7 nitrogen and oxygen atoms in total. The Balaban J connectivity index is 1.41. The second kappa shape index (κ2) is 10.3. The van der Waals surface area contributed by atoms with Gasteiger partial charge >= 0.3 is 0 Å². The number of hydrogen-bond acceptors (Lipinski definition) is 4. The number of benzene rings is 3. The van der Waals surface area contributed by atoms with Gasteiger partial charge in [0.15, 0.2) is 0 Å². The number of hydrogen-bond donors (Lipinski definition) is 1. The fraction of sp³-hybridized carbons (Fsp3) is 0.214. The van der Waals surface area contributed by atoms with E-state index in [2.05, 4.69) is 34.6 Å². The summed E-state index contributed by atoms with van der Waals surface area (Å²) >= 11 is 6.37. The summed E-state index contributed by atoms with van der Waals surface area (Å²) in [6, 6.07) is 24.9. The third kappa shape index (κ3) is 4.75. The predicted octanol–water partition coefficient (Wildman–Crippen LogP) is 4.60. The average molecular weight is 500 g/mol. The zero-order valence-corrected chi connectivity index (χ0v) is 20.7. The number of rotatable bonds is 8. The quantitative estimate of drug-likeness (QED) is 0.338. The molecule has 0 unspecified atom stereocenters. The first-order valence-electron chi connectivity index (χ1n) is 11.9. The molecular formula is C28H26ClN5O2. The fourth-order valence-electron chi connectivity index (χ4n) is 4.40. The molecule has 0 fully saturated rings. The molecule has 1 atom stereocenters. The fourth-order valence-corrected chi connectivity index (χ4v) is 4.59. The predicted molar refractivity (Wildman–Crippen MR) is 141 cm³/mol. The first kappa shape index (κ1) is 23.8. The highest BCUT2D eigenvalue weighted by Gasteiger charge is 2.18. The molecule has 0 saturated heterocycles. The van der Waals surface area contributed by atoms with E-state index >= 15 is 0 Å². The van der Waals surface area contributed by atoms with Crippen LogP contribution in [0.1, 0.15) is 36.2 Å². The maximum Gasteiger partial charge on any atom is 0.263 e. The van der Waals surface area contributed by atoms with E-state index in [0.717, 1.165) is 5.56 Å².